The third-order valence-corrected chi connectivity index (χ3v) is 3.90. The molecule has 0 aliphatic carbocycles. The van der Waals surface area contributed by atoms with Crippen molar-refractivity contribution in [3.63, 3.8) is 0 Å². The average Bonchev–Trinajstić information content (AvgIpc) is 2.26. The fourth-order valence-corrected chi connectivity index (χ4v) is 2.75. The maximum Gasteiger partial charge on any atom is 0.130 e. The summed E-state index contributed by atoms with van der Waals surface area (Å²) in [5.74, 6) is 1.30. The van der Waals surface area contributed by atoms with Gasteiger partial charge >= 0.3 is 0 Å². The summed E-state index contributed by atoms with van der Waals surface area (Å²) in [6.07, 6.45) is 0. The second-order valence-electron chi connectivity index (χ2n) is 4.41. The molecule has 0 heterocycles. The van der Waals surface area contributed by atoms with Gasteiger partial charge in [0.2, 0.25) is 0 Å². The van der Waals surface area contributed by atoms with E-state index in [9.17, 15) is 8.78 Å². The topological polar surface area (TPSA) is 12.0 Å². The molecule has 1 unspecified atom stereocenters. The highest BCUT2D eigenvalue weighted by atomic mass is 32.2. The lowest BCUT2D eigenvalue weighted by Gasteiger charge is -2.18. The fraction of sp³-hybridized carbons (Fsp3) is 0.538. The summed E-state index contributed by atoms with van der Waals surface area (Å²) in [6, 6.07) is 3.72. The molecule has 1 atom stereocenters. The molecule has 96 valence electrons. The van der Waals surface area contributed by atoms with E-state index in [0.29, 0.717) is 11.7 Å². The Morgan fingerprint density at radius 1 is 1.18 bits per heavy atom. The van der Waals surface area contributed by atoms with E-state index in [2.05, 4.69) is 19.2 Å². The summed E-state index contributed by atoms with van der Waals surface area (Å²) < 4.78 is 27.2. The Morgan fingerprint density at radius 2 is 1.76 bits per heavy atom. The van der Waals surface area contributed by atoms with E-state index in [-0.39, 0.29) is 11.6 Å². The Kier molecular flexibility index (Phi) is 5.92. The Balaban J connectivity index is 2.72. The van der Waals surface area contributed by atoms with Crippen molar-refractivity contribution in [3.05, 3.63) is 35.4 Å². The summed E-state index contributed by atoms with van der Waals surface area (Å²) in [7, 11) is 1.73. The second kappa shape index (κ2) is 6.97. The van der Waals surface area contributed by atoms with Crippen molar-refractivity contribution in [3.8, 4) is 0 Å². The third-order valence-electron chi connectivity index (χ3n) is 2.43. The molecular formula is C13H19F2NS. The maximum atomic E-state index is 13.6. The lowest BCUT2D eigenvalue weighted by atomic mass is 10.1. The normalized spacial score (nSPS) is 13.1. The number of rotatable bonds is 6. The van der Waals surface area contributed by atoms with Gasteiger partial charge in [-0.25, -0.2) is 8.78 Å². The monoisotopic (exact) mass is 259 g/mol. The lowest BCUT2D eigenvalue weighted by molar-refractivity contribution is 0.513. The minimum atomic E-state index is -0.477. The first-order chi connectivity index (χ1) is 8.06. The largest absolute Gasteiger partial charge is 0.312 e. The quantitative estimate of drug-likeness (QED) is 0.837. The van der Waals surface area contributed by atoms with E-state index in [1.165, 1.54) is 18.2 Å². The van der Waals surface area contributed by atoms with Gasteiger partial charge in [-0.2, -0.15) is 11.8 Å². The zero-order valence-corrected chi connectivity index (χ0v) is 11.3. The van der Waals surface area contributed by atoms with Crippen LogP contribution >= 0.6 is 11.8 Å². The molecule has 0 aliphatic rings. The molecule has 0 bridgehead atoms. The van der Waals surface area contributed by atoms with Gasteiger partial charge in [0.1, 0.15) is 11.6 Å². The number of hydrogen-bond acceptors (Lipinski definition) is 2. The molecule has 0 saturated heterocycles. The summed E-state index contributed by atoms with van der Waals surface area (Å²) in [5, 5.41) is 2.97. The van der Waals surface area contributed by atoms with Crippen LogP contribution in [0.4, 0.5) is 8.78 Å². The van der Waals surface area contributed by atoms with Crippen LogP contribution in [0, 0.1) is 17.6 Å². The van der Waals surface area contributed by atoms with Crippen molar-refractivity contribution < 1.29 is 8.78 Å². The van der Waals surface area contributed by atoms with Crippen molar-refractivity contribution in [1.82, 2.24) is 5.32 Å². The average molecular weight is 259 g/mol. The minimum Gasteiger partial charge on any atom is -0.312 e. The zero-order chi connectivity index (χ0) is 12.8. The van der Waals surface area contributed by atoms with Gasteiger partial charge < -0.3 is 5.32 Å². The van der Waals surface area contributed by atoms with Crippen molar-refractivity contribution in [2.24, 2.45) is 5.92 Å². The van der Waals surface area contributed by atoms with Crippen LogP contribution in [-0.2, 0) is 0 Å². The molecule has 1 rings (SSSR count). The van der Waals surface area contributed by atoms with Crippen LogP contribution < -0.4 is 5.32 Å². The zero-order valence-electron chi connectivity index (χ0n) is 10.5. The van der Waals surface area contributed by atoms with Crippen molar-refractivity contribution >= 4 is 11.8 Å². The van der Waals surface area contributed by atoms with Crippen LogP contribution in [0.5, 0.6) is 0 Å². The fourth-order valence-electron chi connectivity index (χ4n) is 1.58. The van der Waals surface area contributed by atoms with Gasteiger partial charge in [0, 0.05) is 17.4 Å². The number of benzene rings is 1. The van der Waals surface area contributed by atoms with E-state index < -0.39 is 11.6 Å². The van der Waals surface area contributed by atoms with Crippen LogP contribution in [0.2, 0.25) is 0 Å². The smallest absolute Gasteiger partial charge is 0.130 e. The molecule has 1 aromatic rings. The molecule has 1 N–H and O–H groups in total. The van der Waals surface area contributed by atoms with Gasteiger partial charge in [0.15, 0.2) is 0 Å². The molecule has 0 saturated carbocycles. The highest BCUT2D eigenvalue weighted by Gasteiger charge is 2.18. The second-order valence-corrected chi connectivity index (χ2v) is 5.48. The molecule has 0 aliphatic heterocycles. The van der Waals surface area contributed by atoms with Gasteiger partial charge in [0.25, 0.3) is 0 Å². The third kappa shape index (κ3) is 4.28. The van der Waals surface area contributed by atoms with Crippen molar-refractivity contribution in [2.45, 2.75) is 19.9 Å². The van der Waals surface area contributed by atoms with Crippen molar-refractivity contribution in [2.75, 3.05) is 18.6 Å². The predicted molar refractivity (Wildman–Crippen MR) is 70.3 cm³/mol. The Bertz CT molecular complexity index is 335. The van der Waals surface area contributed by atoms with E-state index in [4.69, 9.17) is 0 Å². The predicted octanol–water partition coefficient (Wildman–Crippen LogP) is 3.61. The Labute approximate surface area is 106 Å². The molecule has 17 heavy (non-hydrogen) atoms. The maximum absolute atomic E-state index is 13.6. The minimum absolute atomic E-state index is 0.145. The molecular weight excluding hydrogens is 240 g/mol. The van der Waals surface area contributed by atoms with Gasteiger partial charge in [0.05, 0.1) is 0 Å². The number of halogens is 2. The molecule has 0 fully saturated rings. The van der Waals surface area contributed by atoms with Gasteiger partial charge in [-0.05, 0) is 30.9 Å². The van der Waals surface area contributed by atoms with Crippen LogP contribution in [0.15, 0.2) is 18.2 Å². The highest BCUT2D eigenvalue weighted by Crippen LogP contribution is 2.24. The number of hydrogen-bond donors (Lipinski definition) is 1. The molecule has 0 radical (unpaired) electrons. The van der Waals surface area contributed by atoms with Crippen LogP contribution in [0.3, 0.4) is 0 Å². The first kappa shape index (κ1) is 14.5. The number of thioether (sulfide) groups is 1. The highest BCUT2D eigenvalue weighted by molar-refractivity contribution is 7.99. The summed E-state index contributed by atoms with van der Waals surface area (Å²) in [4.78, 5) is 0. The van der Waals surface area contributed by atoms with Crippen LogP contribution in [-0.4, -0.2) is 18.6 Å². The van der Waals surface area contributed by atoms with Crippen LogP contribution in [0.25, 0.3) is 0 Å². The van der Waals surface area contributed by atoms with Gasteiger partial charge in [-0.3, -0.25) is 0 Å². The summed E-state index contributed by atoms with van der Waals surface area (Å²) >= 11 is 1.71. The first-order valence-electron chi connectivity index (χ1n) is 5.75. The standard InChI is InChI=1S/C13H19F2NS/c1-9(2)7-17-8-12(16-3)13-10(14)5-4-6-11(13)15/h4-6,9,12,16H,7-8H2,1-3H3. The van der Waals surface area contributed by atoms with E-state index in [1.807, 2.05) is 0 Å². The van der Waals surface area contributed by atoms with Gasteiger partial charge in [-0.1, -0.05) is 19.9 Å². The number of nitrogens with one attached hydrogen (secondary N) is 1. The molecule has 0 spiro atoms. The Hall–Kier alpha value is -0.610. The van der Waals surface area contributed by atoms with Crippen molar-refractivity contribution in [1.29, 1.82) is 0 Å². The summed E-state index contributed by atoms with van der Waals surface area (Å²) in [6.45, 7) is 4.26. The SMILES string of the molecule is CNC(CSCC(C)C)c1c(F)cccc1F. The molecule has 4 heteroatoms. The van der Waals surface area contributed by atoms with Crippen LogP contribution in [0.1, 0.15) is 25.5 Å². The summed E-state index contributed by atoms with van der Waals surface area (Å²) in [5.41, 5.74) is 0.145. The lowest BCUT2D eigenvalue weighted by Crippen LogP contribution is -2.21. The molecule has 0 aromatic heterocycles. The first-order valence-corrected chi connectivity index (χ1v) is 6.90. The molecule has 1 nitrogen and oxygen atoms in total. The Morgan fingerprint density at radius 3 is 2.24 bits per heavy atom. The molecule has 1 aromatic carbocycles. The van der Waals surface area contributed by atoms with E-state index in [0.717, 1.165) is 5.75 Å². The molecule has 0 amide bonds. The van der Waals surface area contributed by atoms with E-state index in [1.54, 1.807) is 18.8 Å². The van der Waals surface area contributed by atoms with E-state index >= 15 is 0 Å². The van der Waals surface area contributed by atoms with Gasteiger partial charge in [-0.15, -0.1) is 0 Å².